The predicted octanol–water partition coefficient (Wildman–Crippen LogP) is 6.12. The van der Waals surface area contributed by atoms with Crippen LogP contribution >= 0.6 is 23.5 Å². The molecule has 3 rings (SSSR count). The first-order valence-corrected chi connectivity index (χ1v) is 9.50. The number of aliphatic hydroxyl groups excluding tert-OH is 2. The molecule has 0 aromatic heterocycles. The van der Waals surface area contributed by atoms with E-state index in [1.54, 1.807) is 0 Å². The van der Waals surface area contributed by atoms with Crippen LogP contribution in [-0.4, -0.2) is 38.5 Å². The van der Waals surface area contributed by atoms with Crippen molar-refractivity contribution in [1.82, 2.24) is 0 Å². The number of aliphatic hydroxyl groups is 2. The van der Waals surface area contributed by atoms with Crippen LogP contribution in [0, 0.1) is 0 Å². The summed E-state index contributed by atoms with van der Waals surface area (Å²) in [6.45, 7) is 2.81. The van der Waals surface area contributed by atoms with Gasteiger partial charge >= 0.3 is 17.8 Å². The van der Waals surface area contributed by atoms with Gasteiger partial charge in [0.1, 0.15) is 0 Å². The SMILES string of the molecule is CC1SC(=CO)C=C1C1=C(C2=CC(=CO)SC2C)C(F)(F)C(F)(F)C1(F)F. The van der Waals surface area contributed by atoms with Gasteiger partial charge in [-0.25, -0.2) is 0 Å². The normalized spacial score (nSPS) is 34.5. The van der Waals surface area contributed by atoms with E-state index in [0.717, 1.165) is 35.7 Å². The smallest absolute Gasteiger partial charge is 0.380 e. The Balaban J connectivity index is 2.35. The van der Waals surface area contributed by atoms with Gasteiger partial charge in [-0.3, -0.25) is 0 Å². The van der Waals surface area contributed by atoms with E-state index in [0.29, 0.717) is 12.5 Å². The molecule has 2 heterocycles. The van der Waals surface area contributed by atoms with E-state index in [9.17, 15) is 26.3 Å². The Morgan fingerprint density at radius 1 is 0.778 bits per heavy atom. The third kappa shape index (κ3) is 2.66. The number of thioether (sulfide) groups is 2. The van der Waals surface area contributed by atoms with Crippen LogP contribution in [0.2, 0.25) is 0 Å². The van der Waals surface area contributed by atoms with Gasteiger partial charge in [0.05, 0.1) is 12.5 Å². The van der Waals surface area contributed by atoms with Crippen molar-refractivity contribution in [2.24, 2.45) is 0 Å². The minimum absolute atomic E-state index is 0.109. The molecule has 0 saturated carbocycles. The van der Waals surface area contributed by atoms with Crippen molar-refractivity contribution in [1.29, 1.82) is 0 Å². The minimum Gasteiger partial charge on any atom is -0.514 e. The summed E-state index contributed by atoms with van der Waals surface area (Å²) < 4.78 is 86.9. The second kappa shape index (κ2) is 6.30. The molecule has 10 heteroatoms. The zero-order valence-corrected chi connectivity index (χ0v) is 15.6. The molecule has 0 amide bonds. The van der Waals surface area contributed by atoms with Crippen LogP contribution in [0.5, 0.6) is 0 Å². The third-order valence-corrected chi connectivity index (χ3v) is 6.80. The lowest BCUT2D eigenvalue weighted by atomic mass is 9.91. The summed E-state index contributed by atoms with van der Waals surface area (Å²) in [5, 5.41) is 16.5. The van der Waals surface area contributed by atoms with Crippen LogP contribution in [0.1, 0.15) is 13.8 Å². The van der Waals surface area contributed by atoms with Crippen LogP contribution in [0.15, 0.2) is 56.8 Å². The number of allylic oxidation sites excluding steroid dienone is 4. The lowest BCUT2D eigenvalue weighted by Crippen LogP contribution is -2.49. The monoisotopic (exact) mass is 428 g/mol. The second-order valence-corrected chi connectivity index (χ2v) is 9.08. The van der Waals surface area contributed by atoms with Crippen LogP contribution in [-0.2, 0) is 0 Å². The zero-order chi connectivity index (χ0) is 20.4. The highest BCUT2D eigenvalue weighted by molar-refractivity contribution is 8.04. The molecule has 27 heavy (non-hydrogen) atoms. The number of hydrogen-bond acceptors (Lipinski definition) is 4. The van der Waals surface area contributed by atoms with E-state index in [-0.39, 0.29) is 21.0 Å². The molecule has 0 aromatic rings. The Kier molecular flexibility index (Phi) is 4.74. The van der Waals surface area contributed by atoms with Gasteiger partial charge in [-0.05, 0) is 37.1 Å². The fraction of sp³-hybridized carbons (Fsp3) is 0.412. The number of halogens is 6. The van der Waals surface area contributed by atoms with Crippen LogP contribution < -0.4 is 0 Å². The Morgan fingerprint density at radius 3 is 1.37 bits per heavy atom. The minimum atomic E-state index is -5.61. The van der Waals surface area contributed by atoms with Crippen molar-refractivity contribution in [3.8, 4) is 0 Å². The Hall–Kier alpha value is -1.42. The molecule has 2 N–H and O–H groups in total. The van der Waals surface area contributed by atoms with Gasteiger partial charge in [-0.15, -0.1) is 23.5 Å². The molecule has 2 aliphatic heterocycles. The summed E-state index contributed by atoms with van der Waals surface area (Å²) in [6, 6.07) is 0. The number of rotatable bonds is 2. The highest BCUT2D eigenvalue weighted by atomic mass is 32.2. The van der Waals surface area contributed by atoms with Crippen LogP contribution in [0.25, 0.3) is 0 Å². The number of hydrogen-bond donors (Lipinski definition) is 2. The van der Waals surface area contributed by atoms with Crippen molar-refractivity contribution in [3.05, 3.63) is 56.8 Å². The van der Waals surface area contributed by atoms with Crippen molar-refractivity contribution in [2.75, 3.05) is 0 Å². The summed E-state index contributed by atoms with van der Waals surface area (Å²) in [5.41, 5.74) is -3.58. The average Bonchev–Trinajstić information content (AvgIpc) is 3.16. The Morgan fingerprint density at radius 2 is 1.11 bits per heavy atom. The van der Waals surface area contributed by atoms with Gasteiger partial charge in [0.25, 0.3) is 0 Å². The van der Waals surface area contributed by atoms with Crippen molar-refractivity contribution < 1.29 is 36.6 Å². The second-order valence-electron chi connectivity index (χ2n) is 6.26. The van der Waals surface area contributed by atoms with E-state index >= 15 is 0 Å². The average molecular weight is 428 g/mol. The molecule has 0 spiro atoms. The van der Waals surface area contributed by atoms with Crippen LogP contribution in [0.3, 0.4) is 0 Å². The van der Waals surface area contributed by atoms with Gasteiger partial charge in [-0.1, -0.05) is 0 Å². The maximum atomic E-state index is 14.6. The topological polar surface area (TPSA) is 40.5 Å². The first kappa shape index (κ1) is 20.3. The van der Waals surface area contributed by atoms with Crippen molar-refractivity contribution >= 4 is 23.5 Å². The molecule has 2 unspecified atom stereocenters. The standard InChI is InChI=1S/C17H14F6O2S2/c1-7-11(3-9(5-24)26-7)13-14(12-4-10(6-25)27-8(12)2)16(20,21)17(22,23)15(13,18)19/h3-8,24-25H,1-2H3. The maximum Gasteiger partial charge on any atom is 0.380 e. The first-order valence-electron chi connectivity index (χ1n) is 7.74. The van der Waals surface area contributed by atoms with Crippen molar-refractivity contribution in [2.45, 2.75) is 42.1 Å². The molecule has 3 aliphatic rings. The highest BCUT2D eigenvalue weighted by Crippen LogP contribution is 2.65. The van der Waals surface area contributed by atoms with E-state index in [4.69, 9.17) is 10.2 Å². The predicted molar refractivity (Wildman–Crippen MR) is 93.6 cm³/mol. The lowest BCUT2D eigenvalue weighted by Gasteiger charge is -2.26. The summed E-state index contributed by atoms with van der Waals surface area (Å²) in [7, 11) is 0. The molecule has 0 bridgehead atoms. The number of alkyl halides is 6. The van der Waals surface area contributed by atoms with Gasteiger partial charge in [0, 0.05) is 31.5 Å². The lowest BCUT2D eigenvalue weighted by molar-refractivity contribution is -0.264. The van der Waals surface area contributed by atoms with E-state index < -0.39 is 39.4 Å². The molecule has 2 atom stereocenters. The molecule has 0 radical (unpaired) electrons. The largest absolute Gasteiger partial charge is 0.514 e. The summed E-state index contributed by atoms with van der Waals surface area (Å²) in [6.07, 6.45) is 3.26. The fourth-order valence-electron chi connectivity index (χ4n) is 3.31. The molecule has 0 fully saturated rings. The van der Waals surface area contributed by atoms with Crippen molar-refractivity contribution in [3.63, 3.8) is 0 Å². The molecular weight excluding hydrogens is 414 g/mol. The van der Waals surface area contributed by atoms with E-state index in [1.165, 1.54) is 13.8 Å². The zero-order valence-electron chi connectivity index (χ0n) is 13.9. The van der Waals surface area contributed by atoms with Gasteiger partial charge < -0.3 is 10.2 Å². The Bertz CT molecular complexity index is 772. The van der Waals surface area contributed by atoms with Gasteiger partial charge in [0.2, 0.25) is 0 Å². The quantitative estimate of drug-likeness (QED) is 0.410. The summed E-state index contributed by atoms with van der Waals surface area (Å²) >= 11 is 1.79. The maximum absolute atomic E-state index is 14.6. The fourth-order valence-corrected chi connectivity index (χ4v) is 5.26. The molecular formula is C17H14F6O2S2. The Labute approximate surface area is 159 Å². The van der Waals surface area contributed by atoms with E-state index in [1.807, 2.05) is 0 Å². The highest BCUT2D eigenvalue weighted by Gasteiger charge is 2.81. The third-order valence-electron chi connectivity index (χ3n) is 4.60. The molecule has 0 aromatic carbocycles. The van der Waals surface area contributed by atoms with Gasteiger partial charge in [0.15, 0.2) is 0 Å². The first-order chi connectivity index (χ1) is 12.4. The van der Waals surface area contributed by atoms with Gasteiger partial charge in [-0.2, -0.15) is 26.3 Å². The summed E-state index contributed by atoms with van der Waals surface area (Å²) in [5.74, 6) is -15.8. The van der Waals surface area contributed by atoms with E-state index in [2.05, 4.69) is 0 Å². The molecule has 148 valence electrons. The molecule has 1 aliphatic carbocycles. The molecule has 2 nitrogen and oxygen atoms in total. The van der Waals surface area contributed by atoms with Crippen LogP contribution in [0.4, 0.5) is 26.3 Å². The summed E-state index contributed by atoms with van der Waals surface area (Å²) in [4.78, 5) is 0.218. The molecule has 0 saturated heterocycles.